The minimum atomic E-state index is -0.0681. The lowest BCUT2D eigenvalue weighted by Crippen LogP contribution is -2.50. The highest BCUT2D eigenvalue weighted by Crippen LogP contribution is 2.21. The molecule has 0 aliphatic carbocycles. The number of rotatable bonds is 13. The summed E-state index contributed by atoms with van der Waals surface area (Å²) < 4.78 is 5.45. The Kier molecular flexibility index (Phi) is 12.3. The maximum Gasteiger partial charge on any atom is 0.253 e. The summed E-state index contributed by atoms with van der Waals surface area (Å²) in [6.07, 6.45) is 9.31. The Morgan fingerprint density at radius 3 is 2.33 bits per heavy atom. The van der Waals surface area contributed by atoms with Crippen molar-refractivity contribution in [2.45, 2.75) is 59.8 Å². The molecule has 0 unspecified atom stereocenters. The predicted octanol–water partition coefficient (Wildman–Crippen LogP) is 6.16. The molecule has 0 spiro atoms. The van der Waals surface area contributed by atoms with E-state index < -0.39 is 0 Å². The summed E-state index contributed by atoms with van der Waals surface area (Å²) in [5, 5.41) is 0. The largest absolute Gasteiger partial charge is 0.496 e. The lowest BCUT2D eigenvalue weighted by Gasteiger charge is -2.36. The number of para-hydroxylation sites is 1. The Labute approximate surface area is 242 Å². The van der Waals surface area contributed by atoms with Crippen LogP contribution in [0.15, 0.2) is 54.6 Å². The van der Waals surface area contributed by atoms with Gasteiger partial charge in [-0.15, -0.1) is 0 Å². The summed E-state index contributed by atoms with van der Waals surface area (Å²) in [6, 6.07) is 16.1. The highest BCUT2D eigenvalue weighted by atomic mass is 16.5. The normalized spacial score (nSPS) is 14.5. The monoisotopic (exact) mass is 547 g/mol. The number of hydrogen-bond donors (Lipinski definition) is 0. The molecular weight excluding hydrogens is 498 g/mol. The molecule has 0 saturated carbocycles. The van der Waals surface area contributed by atoms with Gasteiger partial charge in [0, 0.05) is 63.4 Å². The molecule has 40 heavy (non-hydrogen) atoms. The Morgan fingerprint density at radius 1 is 0.975 bits per heavy atom. The lowest BCUT2D eigenvalue weighted by molar-refractivity contribution is -0.132. The summed E-state index contributed by atoms with van der Waals surface area (Å²) in [5.74, 6) is 1.11. The van der Waals surface area contributed by atoms with Gasteiger partial charge in [0.05, 0.1) is 7.11 Å². The zero-order valence-electron chi connectivity index (χ0n) is 25.3. The van der Waals surface area contributed by atoms with Gasteiger partial charge in [-0.05, 0) is 42.0 Å². The van der Waals surface area contributed by atoms with Crippen molar-refractivity contribution in [3.8, 4) is 5.75 Å². The molecule has 2 amide bonds. The first kappa shape index (κ1) is 31.4. The van der Waals surface area contributed by atoms with Crippen LogP contribution in [-0.2, 0) is 11.2 Å². The molecular formula is C34H49N3O3. The SMILES string of the molecule is CCCCCc1ccc(C(=O)N2CCN(CCN(CC=Cc3ccccc3OC)C(=O)CC(C)(C)C)CC2)cc1. The molecule has 6 heteroatoms. The fourth-order valence-electron chi connectivity index (χ4n) is 5.01. The number of piperazine rings is 1. The molecule has 2 aromatic rings. The van der Waals surface area contributed by atoms with E-state index in [-0.39, 0.29) is 17.2 Å². The van der Waals surface area contributed by atoms with Gasteiger partial charge in [-0.1, -0.05) is 83.0 Å². The van der Waals surface area contributed by atoms with Crippen molar-refractivity contribution in [2.75, 3.05) is 52.9 Å². The number of carbonyl (C=O) groups is 2. The van der Waals surface area contributed by atoms with Crippen LogP contribution in [0.25, 0.3) is 6.08 Å². The van der Waals surface area contributed by atoms with Gasteiger partial charge in [0.2, 0.25) is 5.91 Å². The smallest absolute Gasteiger partial charge is 0.253 e. The molecule has 2 aromatic carbocycles. The second kappa shape index (κ2) is 15.6. The van der Waals surface area contributed by atoms with Crippen molar-refractivity contribution < 1.29 is 14.3 Å². The number of benzene rings is 2. The third-order valence-corrected chi connectivity index (χ3v) is 7.41. The zero-order chi connectivity index (χ0) is 29.0. The zero-order valence-corrected chi connectivity index (χ0v) is 25.3. The highest BCUT2D eigenvalue weighted by Gasteiger charge is 2.24. The van der Waals surface area contributed by atoms with Gasteiger partial charge >= 0.3 is 0 Å². The topological polar surface area (TPSA) is 53.1 Å². The van der Waals surface area contributed by atoms with E-state index in [4.69, 9.17) is 4.74 Å². The molecule has 1 fully saturated rings. The molecule has 1 heterocycles. The van der Waals surface area contributed by atoms with Crippen LogP contribution in [0.3, 0.4) is 0 Å². The van der Waals surface area contributed by atoms with Crippen molar-refractivity contribution in [1.82, 2.24) is 14.7 Å². The van der Waals surface area contributed by atoms with Gasteiger partial charge in [0.1, 0.15) is 5.75 Å². The Morgan fingerprint density at radius 2 is 1.68 bits per heavy atom. The van der Waals surface area contributed by atoms with E-state index in [0.717, 1.165) is 42.9 Å². The molecule has 3 rings (SSSR count). The Bertz CT molecular complexity index is 1100. The summed E-state index contributed by atoms with van der Waals surface area (Å²) in [7, 11) is 1.67. The summed E-state index contributed by atoms with van der Waals surface area (Å²) in [4.78, 5) is 32.6. The quantitative estimate of drug-likeness (QED) is 0.282. The number of methoxy groups -OCH3 is 1. The van der Waals surface area contributed by atoms with Crippen LogP contribution < -0.4 is 4.74 Å². The Balaban J connectivity index is 1.52. The third kappa shape index (κ3) is 10.1. The van der Waals surface area contributed by atoms with Crippen LogP contribution in [0.2, 0.25) is 0 Å². The first-order valence-electron chi connectivity index (χ1n) is 14.9. The highest BCUT2D eigenvalue weighted by molar-refractivity contribution is 5.94. The number of aryl methyl sites for hydroxylation is 1. The van der Waals surface area contributed by atoms with Crippen molar-refractivity contribution in [3.05, 3.63) is 71.3 Å². The third-order valence-electron chi connectivity index (χ3n) is 7.41. The molecule has 1 aliphatic rings. The predicted molar refractivity (Wildman–Crippen MR) is 165 cm³/mol. The molecule has 0 N–H and O–H groups in total. The molecule has 0 aromatic heterocycles. The average molecular weight is 548 g/mol. The van der Waals surface area contributed by atoms with Crippen molar-refractivity contribution in [3.63, 3.8) is 0 Å². The van der Waals surface area contributed by atoms with Gasteiger partial charge in [0.15, 0.2) is 0 Å². The van der Waals surface area contributed by atoms with Crippen LogP contribution in [0.5, 0.6) is 5.75 Å². The summed E-state index contributed by atoms with van der Waals surface area (Å²) in [5.41, 5.74) is 3.01. The van der Waals surface area contributed by atoms with Gasteiger partial charge in [-0.2, -0.15) is 0 Å². The molecule has 0 atom stereocenters. The number of amides is 2. The van der Waals surface area contributed by atoms with Crippen LogP contribution in [0.1, 0.15) is 74.9 Å². The maximum absolute atomic E-state index is 13.2. The van der Waals surface area contributed by atoms with Crippen molar-refractivity contribution >= 4 is 17.9 Å². The molecule has 218 valence electrons. The van der Waals surface area contributed by atoms with E-state index in [1.165, 1.54) is 24.8 Å². The number of unbranched alkanes of at least 4 members (excludes halogenated alkanes) is 2. The minimum Gasteiger partial charge on any atom is -0.496 e. The molecule has 0 bridgehead atoms. The van der Waals surface area contributed by atoms with Crippen LogP contribution in [0.4, 0.5) is 0 Å². The first-order chi connectivity index (χ1) is 19.2. The molecule has 1 saturated heterocycles. The standard InChI is InChI=1S/C34H49N3O3/c1-6-7-8-12-28-16-18-30(19-17-28)33(39)37-25-22-35(23-26-37)21-24-36(32(38)27-34(2,3)4)20-11-14-29-13-9-10-15-31(29)40-5/h9-11,13-19H,6-8,12,20-27H2,1-5H3. The van der Waals surface area contributed by atoms with Gasteiger partial charge in [-0.3, -0.25) is 14.5 Å². The molecule has 1 aliphatic heterocycles. The van der Waals surface area contributed by atoms with Crippen molar-refractivity contribution in [2.24, 2.45) is 5.41 Å². The van der Waals surface area contributed by atoms with Gasteiger partial charge in [0.25, 0.3) is 5.91 Å². The number of carbonyl (C=O) groups excluding carboxylic acids is 2. The second-order valence-corrected chi connectivity index (χ2v) is 12.0. The Hall–Kier alpha value is -3.12. The number of nitrogens with zero attached hydrogens (tertiary/aromatic N) is 3. The second-order valence-electron chi connectivity index (χ2n) is 12.0. The van der Waals surface area contributed by atoms with Crippen LogP contribution in [-0.4, -0.2) is 79.4 Å². The van der Waals surface area contributed by atoms with E-state index in [9.17, 15) is 9.59 Å². The summed E-state index contributed by atoms with van der Waals surface area (Å²) in [6.45, 7) is 13.6. The van der Waals surface area contributed by atoms with Crippen LogP contribution in [0, 0.1) is 5.41 Å². The molecule has 6 nitrogen and oxygen atoms in total. The fraction of sp³-hybridized carbons (Fsp3) is 0.529. The van der Waals surface area contributed by atoms with Gasteiger partial charge < -0.3 is 14.5 Å². The first-order valence-corrected chi connectivity index (χ1v) is 14.9. The number of ether oxygens (including phenoxy) is 1. The summed E-state index contributed by atoms with van der Waals surface area (Å²) >= 11 is 0. The van der Waals surface area contributed by atoms with E-state index in [1.807, 2.05) is 58.4 Å². The number of hydrogen-bond acceptors (Lipinski definition) is 4. The van der Waals surface area contributed by atoms with Crippen molar-refractivity contribution in [1.29, 1.82) is 0 Å². The average Bonchev–Trinajstić information content (AvgIpc) is 2.94. The molecule has 0 radical (unpaired) electrons. The van der Waals surface area contributed by atoms with E-state index in [0.29, 0.717) is 32.6 Å². The minimum absolute atomic E-state index is 0.0681. The van der Waals surface area contributed by atoms with E-state index in [1.54, 1.807) is 7.11 Å². The van der Waals surface area contributed by atoms with E-state index in [2.05, 4.69) is 44.7 Å². The van der Waals surface area contributed by atoms with E-state index >= 15 is 0 Å². The maximum atomic E-state index is 13.2. The fourth-order valence-corrected chi connectivity index (χ4v) is 5.01. The van der Waals surface area contributed by atoms with Gasteiger partial charge in [-0.25, -0.2) is 0 Å². The lowest BCUT2D eigenvalue weighted by atomic mass is 9.91. The van der Waals surface area contributed by atoms with Crippen LogP contribution >= 0.6 is 0 Å².